The van der Waals surface area contributed by atoms with E-state index in [1.54, 1.807) is 11.8 Å². The second-order valence-electron chi connectivity index (χ2n) is 5.07. The minimum atomic E-state index is -1.07. The molecule has 2 fully saturated rings. The van der Waals surface area contributed by atoms with Gasteiger partial charge in [0.1, 0.15) is 12.1 Å². The number of amides is 1. The molecule has 3 rings (SSSR count). The van der Waals surface area contributed by atoms with Gasteiger partial charge in [0.05, 0.1) is 12.6 Å². The number of hydrogen-bond donors (Lipinski definition) is 1. The van der Waals surface area contributed by atoms with Crippen molar-refractivity contribution < 1.29 is 19.4 Å². The molecule has 1 aromatic rings. The number of hydrogen-bond acceptors (Lipinski definition) is 3. The molecule has 4 atom stereocenters. The Labute approximate surface area is 110 Å². The van der Waals surface area contributed by atoms with Gasteiger partial charge in [-0.1, -0.05) is 37.3 Å². The van der Waals surface area contributed by atoms with Gasteiger partial charge in [-0.25, -0.2) is 0 Å². The zero-order valence-corrected chi connectivity index (χ0v) is 10.5. The molecule has 0 saturated carbocycles. The third-order valence-corrected chi connectivity index (χ3v) is 3.98. The monoisotopic (exact) mass is 261 g/mol. The van der Waals surface area contributed by atoms with Gasteiger partial charge in [-0.15, -0.1) is 0 Å². The number of carbonyl (C=O) groups is 2. The SMILES string of the molecule is C[C@H]1[C@H](C(=O)O)C(=O)N2[C@@H](c3ccccc3)CO[C@H]12. The minimum Gasteiger partial charge on any atom is -0.481 e. The summed E-state index contributed by atoms with van der Waals surface area (Å²) in [5.74, 6) is -2.71. The Morgan fingerprint density at radius 1 is 1.37 bits per heavy atom. The molecule has 1 amide bonds. The molecule has 19 heavy (non-hydrogen) atoms. The highest BCUT2D eigenvalue weighted by atomic mass is 16.5. The van der Waals surface area contributed by atoms with E-state index < -0.39 is 18.1 Å². The molecule has 5 nitrogen and oxygen atoms in total. The van der Waals surface area contributed by atoms with Crippen molar-refractivity contribution in [2.45, 2.75) is 19.2 Å². The first kappa shape index (κ1) is 12.2. The van der Waals surface area contributed by atoms with Crippen molar-refractivity contribution in [3.63, 3.8) is 0 Å². The van der Waals surface area contributed by atoms with Crippen LogP contribution in [-0.4, -0.2) is 34.7 Å². The average Bonchev–Trinajstić information content (AvgIpc) is 2.92. The van der Waals surface area contributed by atoms with Crippen molar-refractivity contribution in [1.82, 2.24) is 4.90 Å². The molecule has 0 aliphatic carbocycles. The molecular weight excluding hydrogens is 246 g/mol. The Morgan fingerprint density at radius 2 is 2.05 bits per heavy atom. The van der Waals surface area contributed by atoms with Gasteiger partial charge in [-0.2, -0.15) is 0 Å². The number of benzene rings is 1. The maximum absolute atomic E-state index is 12.3. The first-order valence-corrected chi connectivity index (χ1v) is 6.33. The fourth-order valence-corrected chi connectivity index (χ4v) is 3.02. The summed E-state index contributed by atoms with van der Waals surface area (Å²) >= 11 is 0. The molecule has 0 spiro atoms. The van der Waals surface area contributed by atoms with Crippen molar-refractivity contribution in [3.05, 3.63) is 35.9 Å². The van der Waals surface area contributed by atoms with Crippen LogP contribution in [0.5, 0.6) is 0 Å². The van der Waals surface area contributed by atoms with Crippen LogP contribution in [0.2, 0.25) is 0 Å². The van der Waals surface area contributed by atoms with E-state index >= 15 is 0 Å². The van der Waals surface area contributed by atoms with Crippen LogP contribution in [0.1, 0.15) is 18.5 Å². The Bertz CT molecular complexity index is 515. The van der Waals surface area contributed by atoms with Crippen molar-refractivity contribution in [2.24, 2.45) is 11.8 Å². The topological polar surface area (TPSA) is 66.8 Å². The summed E-state index contributed by atoms with van der Waals surface area (Å²) in [6.45, 7) is 2.19. The molecule has 100 valence electrons. The quantitative estimate of drug-likeness (QED) is 0.814. The van der Waals surface area contributed by atoms with Crippen LogP contribution in [0.4, 0.5) is 0 Å². The van der Waals surface area contributed by atoms with Gasteiger partial charge in [-0.05, 0) is 5.56 Å². The lowest BCUT2D eigenvalue weighted by atomic mass is 9.96. The third-order valence-electron chi connectivity index (χ3n) is 3.98. The highest BCUT2D eigenvalue weighted by molar-refractivity contribution is 5.99. The zero-order valence-electron chi connectivity index (χ0n) is 10.5. The van der Waals surface area contributed by atoms with Gasteiger partial charge >= 0.3 is 5.97 Å². The van der Waals surface area contributed by atoms with Gasteiger partial charge < -0.3 is 14.7 Å². The number of carboxylic acid groups (broad SMARTS) is 1. The number of ether oxygens (including phenoxy) is 1. The van der Waals surface area contributed by atoms with E-state index in [2.05, 4.69) is 0 Å². The Kier molecular flexibility index (Phi) is 2.78. The second-order valence-corrected chi connectivity index (χ2v) is 5.07. The van der Waals surface area contributed by atoms with Crippen LogP contribution in [0.15, 0.2) is 30.3 Å². The van der Waals surface area contributed by atoms with E-state index in [1.807, 2.05) is 30.3 Å². The van der Waals surface area contributed by atoms with Gasteiger partial charge in [-0.3, -0.25) is 9.59 Å². The zero-order chi connectivity index (χ0) is 13.6. The highest BCUT2D eigenvalue weighted by Gasteiger charge is 2.55. The summed E-state index contributed by atoms with van der Waals surface area (Å²) in [4.78, 5) is 25.1. The van der Waals surface area contributed by atoms with Crippen molar-refractivity contribution >= 4 is 11.9 Å². The molecule has 0 unspecified atom stereocenters. The van der Waals surface area contributed by atoms with Crippen LogP contribution in [0.25, 0.3) is 0 Å². The summed E-state index contributed by atoms with van der Waals surface area (Å²) < 4.78 is 5.65. The maximum Gasteiger partial charge on any atom is 0.316 e. The van der Waals surface area contributed by atoms with Crippen molar-refractivity contribution in [3.8, 4) is 0 Å². The number of carbonyl (C=O) groups excluding carboxylic acids is 1. The van der Waals surface area contributed by atoms with Crippen molar-refractivity contribution in [2.75, 3.05) is 6.61 Å². The molecule has 2 heterocycles. The summed E-state index contributed by atoms with van der Waals surface area (Å²) in [5.41, 5.74) is 0.983. The van der Waals surface area contributed by atoms with Crippen LogP contribution in [-0.2, 0) is 14.3 Å². The molecule has 2 saturated heterocycles. The van der Waals surface area contributed by atoms with E-state index in [9.17, 15) is 9.59 Å². The summed E-state index contributed by atoms with van der Waals surface area (Å²) in [6.07, 6.45) is -0.418. The van der Waals surface area contributed by atoms with E-state index in [1.165, 1.54) is 0 Å². The van der Waals surface area contributed by atoms with Gasteiger partial charge in [0, 0.05) is 5.92 Å². The summed E-state index contributed by atoms with van der Waals surface area (Å²) in [5, 5.41) is 9.16. The van der Waals surface area contributed by atoms with Crippen LogP contribution in [0.3, 0.4) is 0 Å². The highest BCUT2D eigenvalue weighted by Crippen LogP contribution is 2.42. The van der Waals surface area contributed by atoms with E-state index in [0.29, 0.717) is 6.61 Å². The van der Waals surface area contributed by atoms with E-state index in [-0.39, 0.29) is 17.9 Å². The van der Waals surface area contributed by atoms with E-state index in [0.717, 1.165) is 5.56 Å². The first-order chi connectivity index (χ1) is 9.11. The lowest BCUT2D eigenvalue weighted by molar-refractivity contribution is -0.149. The lowest BCUT2D eigenvalue weighted by Gasteiger charge is -2.22. The fourth-order valence-electron chi connectivity index (χ4n) is 3.02. The van der Waals surface area contributed by atoms with Gasteiger partial charge in [0.2, 0.25) is 5.91 Å². The molecule has 2 aliphatic rings. The second kappa shape index (κ2) is 4.35. The third kappa shape index (κ3) is 1.73. The minimum absolute atomic E-state index is 0.175. The number of nitrogens with zero attached hydrogens (tertiary/aromatic N) is 1. The Morgan fingerprint density at radius 3 is 2.68 bits per heavy atom. The summed E-state index contributed by atoms with van der Waals surface area (Å²) in [6, 6.07) is 9.41. The maximum atomic E-state index is 12.3. The number of fused-ring (bicyclic) bond motifs is 1. The van der Waals surface area contributed by atoms with Gasteiger partial charge in [0.15, 0.2) is 0 Å². The standard InChI is InChI=1S/C14H15NO4/c1-8-11(14(17)18)12(16)15-10(7-19-13(8)15)9-5-3-2-4-6-9/h2-6,8,10-11,13H,7H2,1H3,(H,17,18)/t8-,10+,11-,13+/m0/s1. The molecular formula is C14H15NO4. The van der Waals surface area contributed by atoms with Crippen LogP contribution < -0.4 is 0 Å². The predicted molar refractivity (Wildman–Crippen MR) is 66.1 cm³/mol. The molecule has 1 N–H and O–H groups in total. The van der Waals surface area contributed by atoms with Gasteiger partial charge in [0.25, 0.3) is 0 Å². The smallest absolute Gasteiger partial charge is 0.316 e. The molecule has 0 bridgehead atoms. The Balaban J connectivity index is 1.93. The molecule has 5 heteroatoms. The molecule has 0 aromatic heterocycles. The van der Waals surface area contributed by atoms with Crippen LogP contribution >= 0.6 is 0 Å². The van der Waals surface area contributed by atoms with E-state index in [4.69, 9.17) is 9.84 Å². The predicted octanol–water partition coefficient (Wildman–Crippen LogP) is 1.26. The summed E-state index contributed by atoms with van der Waals surface area (Å²) in [7, 11) is 0. The molecule has 2 aliphatic heterocycles. The number of rotatable bonds is 2. The fraction of sp³-hybridized carbons (Fsp3) is 0.429. The Hall–Kier alpha value is -1.88. The normalized spacial score (nSPS) is 33.5. The number of carboxylic acids is 1. The van der Waals surface area contributed by atoms with Crippen LogP contribution in [0, 0.1) is 11.8 Å². The number of aliphatic carboxylic acids is 1. The lowest BCUT2D eigenvalue weighted by Crippen LogP contribution is -2.33. The average molecular weight is 261 g/mol. The first-order valence-electron chi connectivity index (χ1n) is 6.33. The largest absolute Gasteiger partial charge is 0.481 e. The molecule has 0 radical (unpaired) electrons. The van der Waals surface area contributed by atoms with Crippen molar-refractivity contribution in [1.29, 1.82) is 0 Å². The molecule has 1 aromatic carbocycles.